The van der Waals surface area contributed by atoms with Gasteiger partial charge in [0.2, 0.25) is 15.9 Å². The fourth-order valence-corrected chi connectivity index (χ4v) is 5.06. The summed E-state index contributed by atoms with van der Waals surface area (Å²) in [5.41, 5.74) is 0.456. The molecule has 0 aromatic heterocycles. The molecule has 0 spiro atoms. The van der Waals surface area contributed by atoms with Crippen LogP contribution in [0.2, 0.25) is 15.1 Å². The molecule has 150 valence electrons. The Morgan fingerprint density at radius 2 is 1.54 bits per heavy atom. The van der Waals surface area contributed by atoms with Gasteiger partial charge < -0.3 is 4.90 Å². The largest absolute Gasteiger partial charge is 0.342 e. The van der Waals surface area contributed by atoms with Crippen molar-refractivity contribution < 1.29 is 13.2 Å². The molecule has 0 aliphatic carbocycles. The standard InChI is InChI=1S/C19H19Cl3N2O3S/c20-14-6-8-15(9-7-14)28(26,27)24(13-19(25)23-10-1-2-11-23)12-16-17(21)4-3-5-18(16)22/h3-9H,1-2,10-13H2. The minimum atomic E-state index is -3.96. The zero-order valence-electron chi connectivity index (χ0n) is 14.9. The summed E-state index contributed by atoms with van der Waals surface area (Å²) >= 11 is 18.3. The summed E-state index contributed by atoms with van der Waals surface area (Å²) in [6.07, 6.45) is 1.85. The maximum absolute atomic E-state index is 13.2. The van der Waals surface area contributed by atoms with Gasteiger partial charge in [0.25, 0.3) is 0 Å². The lowest BCUT2D eigenvalue weighted by Crippen LogP contribution is -2.41. The van der Waals surface area contributed by atoms with Crippen LogP contribution in [0.3, 0.4) is 0 Å². The molecule has 1 aliphatic rings. The summed E-state index contributed by atoms with van der Waals surface area (Å²) < 4.78 is 27.6. The summed E-state index contributed by atoms with van der Waals surface area (Å²) in [7, 11) is -3.96. The number of halogens is 3. The molecule has 0 bridgehead atoms. The van der Waals surface area contributed by atoms with E-state index in [2.05, 4.69) is 0 Å². The number of sulfonamides is 1. The molecule has 0 saturated carbocycles. The van der Waals surface area contributed by atoms with Crippen LogP contribution in [0, 0.1) is 0 Å². The van der Waals surface area contributed by atoms with Crippen LogP contribution in [-0.2, 0) is 21.4 Å². The molecule has 9 heteroatoms. The van der Waals surface area contributed by atoms with Gasteiger partial charge in [-0.3, -0.25) is 4.79 Å². The van der Waals surface area contributed by atoms with Crippen molar-refractivity contribution in [2.24, 2.45) is 0 Å². The van der Waals surface area contributed by atoms with E-state index in [0.717, 1.165) is 17.1 Å². The van der Waals surface area contributed by atoms with E-state index >= 15 is 0 Å². The van der Waals surface area contributed by atoms with Crippen LogP contribution in [0.5, 0.6) is 0 Å². The maximum atomic E-state index is 13.2. The normalized spacial score (nSPS) is 14.6. The van der Waals surface area contributed by atoms with Crippen molar-refractivity contribution in [3.05, 3.63) is 63.1 Å². The Kier molecular flexibility index (Phi) is 6.89. The van der Waals surface area contributed by atoms with Crippen molar-refractivity contribution in [3.63, 3.8) is 0 Å². The minimum Gasteiger partial charge on any atom is -0.342 e. The lowest BCUT2D eigenvalue weighted by molar-refractivity contribution is -0.130. The number of hydrogen-bond acceptors (Lipinski definition) is 3. The molecule has 1 aliphatic heterocycles. The van der Waals surface area contributed by atoms with E-state index in [1.54, 1.807) is 23.1 Å². The molecule has 2 aromatic rings. The SMILES string of the molecule is O=C(CN(Cc1c(Cl)cccc1Cl)S(=O)(=O)c1ccc(Cl)cc1)N1CCCC1. The fourth-order valence-electron chi connectivity index (χ4n) is 3.06. The molecule has 0 radical (unpaired) electrons. The van der Waals surface area contributed by atoms with Gasteiger partial charge in [0.05, 0.1) is 11.4 Å². The highest BCUT2D eigenvalue weighted by Crippen LogP contribution is 2.28. The molecule has 2 aromatic carbocycles. The number of likely N-dealkylation sites (tertiary alicyclic amines) is 1. The maximum Gasteiger partial charge on any atom is 0.243 e. The molecule has 0 N–H and O–H groups in total. The van der Waals surface area contributed by atoms with E-state index in [0.29, 0.717) is 33.7 Å². The molecule has 0 unspecified atom stereocenters. The van der Waals surface area contributed by atoms with Gasteiger partial charge in [-0.2, -0.15) is 4.31 Å². The summed E-state index contributed by atoms with van der Waals surface area (Å²) in [4.78, 5) is 14.4. The Morgan fingerprint density at radius 3 is 2.11 bits per heavy atom. The lowest BCUT2D eigenvalue weighted by atomic mass is 10.2. The van der Waals surface area contributed by atoms with Crippen LogP contribution < -0.4 is 0 Å². The van der Waals surface area contributed by atoms with Crippen LogP contribution in [0.25, 0.3) is 0 Å². The van der Waals surface area contributed by atoms with Crippen molar-refractivity contribution in [1.82, 2.24) is 9.21 Å². The average molecular weight is 462 g/mol. The van der Waals surface area contributed by atoms with Crippen molar-refractivity contribution in [3.8, 4) is 0 Å². The molecule has 1 amide bonds. The van der Waals surface area contributed by atoms with E-state index in [9.17, 15) is 13.2 Å². The Labute approximate surface area is 179 Å². The van der Waals surface area contributed by atoms with E-state index in [4.69, 9.17) is 34.8 Å². The monoisotopic (exact) mass is 460 g/mol. The average Bonchev–Trinajstić information content (AvgIpc) is 3.19. The van der Waals surface area contributed by atoms with Crippen LogP contribution >= 0.6 is 34.8 Å². The zero-order chi connectivity index (χ0) is 20.3. The summed E-state index contributed by atoms with van der Waals surface area (Å²) in [6, 6.07) is 10.8. The number of rotatable bonds is 6. The van der Waals surface area contributed by atoms with E-state index in [1.165, 1.54) is 24.3 Å². The number of nitrogens with zero attached hydrogens (tertiary/aromatic N) is 2. The Balaban J connectivity index is 1.95. The van der Waals surface area contributed by atoms with E-state index in [1.807, 2.05) is 0 Å². The minimum absolute atomic E-state index is 0.0503. The fraction of sp³-hybridized carbons (Fsp3) is 0.316. The Hall–Kier alpha value is -1.31. The summed E-state index contributed by atoms with van der Waals surface area (Å²) in [5, 5.41) is 1.11. The number of benzene rings is 2. The van der Waals surface area contributed by atoms with Gasteiger partial charge in [-0.05, 0) is 49.2 Å². The van der Waals surface area contributed by atoms with E-state index in [-0.39, 0.29) is 23.9 Å². The Bertz CT molecular complexity index is 939. The van der Waals surface area contributed by atoms with Crippen LogP contribution in [-0.4, -0.2) is 43.2 Å². The first-order valence-corrected chi connectivity index (χ1v) is 11.3. The highest BCUT2D eigenvalue weighted by Gasteiger charge is 2.30. The van der Waals surface area contributed by atoms with Crippen molar-refractivity contribution >= 4 is 50.7 Å². The highest BCUT2D eigenvalue weighted by molar-refractivity contribution is 7.89. The first-order chi connectivity index (χ1) is 13.3. The van der Waals surface area contributed by atoms with Crippen LogP contribution in [0.1, 0.15) is 18.4 Å². The first-order valence-electron chi connectivity index (χ1n) is 8.75. The summed E-state index contributed by atoms with van der Waals surface area (Å²) in [5.74, 6) is -0.238. The molecule has 1 heterocycles. The second kappa shape index (κ2) is 9.01. The molecule has 3 rings (SSSR count). The Morgan fingerprint density at radius 1 is 0.964 bits per heavy atom. The predicted octanol–water partition coefficient (Wildman–Crippen LogP) is 4.46. The molecule has 28 heavy (non-hydrogen) atoms. The lowest BCUT2D eigenvalue weighted by Gasteiger charge is -2.25. The van der Waals surface area contributed by atoms with Crippen molar-refractivity contribution in [2.45, 2.75) is 24.3 Å². The second-order valence-corrected chi connectivity index (χ2v) is 9.70. The van der Waals surface area contributed by atoms with Gasteiger partial charge in [0.1, 0.15) is 0 Å². The van der Waals surface area contributed by atoms with Crippen LogP contribution in [0.4, 0.5) is 0 Å². The highest BCUT2D eigenvalue weighted by atomic mass is 35.5. The van der Waals surface area contributed by atoms with Gasteiger partial charge >= 0.3 is 0 Å². The quantitative estimate of drug-likeness (QED) is 0.638. The topological polar surface area (TPSA) is 57.7 Å². The molecule has 1 fully saturated rings. The summed E-state index contributed by atoms with van der Waals surface area (Å²) in [6.45, 7) is 0.886. The van der Waals surface area contributed by atoms with Gasteiger partial charge in [0.15, 0.2) is 0 Å². The number of carbonyl (C=O) groups is 1. The van der Waals surface area contributed by atoms with Gasteiger partial charge in [-0.1, -0.05) is 40.9 Å². The van der Waals surface area contributed by atoms with Crippen molar-refractivity contribution in [2.75, 3.05) is 19.6 Å². The smallest absolute Gasteiger partial charge is 0.243 e. The van der Waals surface area contributed by atoms with Crippen molar-refractivity contribution in [1.29, 1.82) is 0 Å². The molecule has 5 nitrogen and oxygen atoms in total. The van der Waals surface area contributed by atoms with E-state index < -0.39 is 10.0 Å². The second-order valence-electron chi connectivity index (χ2n) is 6.52. The van der Waals surface area contributed by atoms with Gasteiger partial charge in [0, 0.05) is 40.3 Å². The molecular formula is C19H19Cl3N2O3S. The van der Waals surface area contributed by atoms with Gasteiger partial charge in [-0.25, -0.2) is 8.42 Å². The number of amides is 1. The third kappa shape index (κ3) is 4.81. The third-order valence-corrected chi connectivity index (χ3v) is 7.38. The molecular weight excluding hydrogens is 443 g/mol. The van der Waals surface area contributed by atoms with Gasteiger partial charge in [-0.15, -0.1) is 0 Å². The number of carbonyl (C=O) groups excluding carboxylic acids is 1. The predicted molar refractivity (Wildman–Crippen MR) is 111 cm³/mol. The third-order valence-electron chi connectivity index (χ3n) is 4.62. The molecule has 1 saturated heterocycles. The number of hydrogen-bond donors (Lipinski definition) is 0. The zero-order valence-corrected chi connectivity index (χ0v) is 18.0. The van der Waals surface area contributed by atoms with Crippen LogP contribution in [0.15, 0.2) is 47.4 Å². The molecule has 0 atom stereocenters. The first kappa shape index (κ1) is 21.4.